The summed E-state index contributed by atoms with van der Waals surface area (Å²) in [6, 6.07) is 10.9. The predicted octanol–water partition coefficient (Wildman–Crippen LogP) is 1.53. The molecule has 3 rings (SSSR count). The van der Waals surface area contributed by atoms with E-state index in [-0.39, 0.29) is 17.9 Å². The fourth-order valence-corrected chi connectivity index (χ4v) is 2.92. The van der Waals surface area contributed by atoms with Crippen molar-refractivity contribution in [3.8, 4) is 0 Å². The maximum Gasteiger partial charge on any atom is 0.414 e. The molecule has 1 unspecified atom stereocenters. The van der Waals surface area contributed by atoms with Gasteiger partial charge in [-0.2, -0.15) is 0 Å². The number of piperazine rings is 1. The molecule has 1 aliphatic heterocycles. The van der Waals surface area contributed by atoms with Gasteiger partial charge in [0.2, 0.25) is 5.91 Å². The lowest BCUT2D eigenvalue weighted by atomic mass is 10.2. The minimum Gasteiger partial charge on any atom is -0.473 e. The molecule has 3 N–H and O–H groups in total. The zero-order valence-electron chi connectivity index (χ0n) is 17.3. The number of carboxylic acids is 2. The molecule has 10 nitrogen and oxygen atoms in total. The Morgan fingerprint density at radius 1 is 0.968 bits per heavy atom. The molecule has 10 heteroatoms. The summed E-state index contributed by atoms with van der Waals surface area (Å²) in [5, 5.41) is 17.7. The number of nitrogens with one attached hydrogen (secondary N) is 1. The Labute approximate surface area is 179 Å². The summed E-state index contributed by atoms with van der Waals surface area (Å²) in [6.07, 6.45) is 1.50. The van der Waals surface area contributed by atoms with E-state index in [0.29, 0.717) is 31.9 Å². The van der Waals surface area contributed by atoms with E-state index in [9.17, 15) is 9.59 Å². The van der Waals surface area contributed by atoms with Crippen molar-refractivity contribution in [1.29, 1.82) is 0 Å². The predicted molar refractivity (Wildman–Crippen MR) is 111 cm³/mol. The Bertz CT molecular complexity index is 890. The topological polar surface area (TPSA) is 140 Å². The van der Waals surface area contributed by atoms with Gasteiger partial charge in [-0.15, -0.1) is 0 Å². The van der Waals surface area contributed by atoms with Crippen LogP contribution >= 0.6 is 0 Å². The van der Waals surface area contributed by atoms with E-state index in [4.69, 9.17) is 24.2 Å². The minimum absolute atomic E-state index is 0.0327. The van der Waals surface area contributed by atoms with Crippen LogP contribution in [-0.4, -0.2) is 76.0 Å². The van der Waals surface area contributed by atoms with E-state index in [1.807, 2.05) is 38.1 Å². The molecule has 2 aromatic rings. The van der Waals surface area contributed by atoms with E-state index >= 15 is 0 Å². The SMILES string of the molecule is Cc1ccc(NC(=O)C(C)N2CCN(C(=O)c3ccco3)CC2)cc1.O=C(O)C(=O)O. The zero-order chi connectivity index (χ0) is 23.0. The number of aliphatic carboxylic acids is 2. The Kier molecular flexibility index (Phi) is 8.33. The molecule has 1 aromatic heterocycles. The van der Waals surface area contributed by atoms with Crippen molar-refractivity contribution in [2.45, 2.75) is 19.9 Å². The molecule has 0 spiro atoms. The summed E-state index contributed by atoms with van der Waals surface area (Å²) in [5.41, 5.74) is 1.96. The highest BCUT2D eigenvalue weighted by Gasteiger charge is 2.28. The Hall–Kier alpha value is -3.66. The highest BCUT2D eigenvalue weighted by molar-refractivity contribution is 6.27. The first-order valence-electron chi connectivity index (χ1n) is 9.59. The summed E-state index contributed by atoms with van der Waals surface area (Å²) in [6.45, 7) is 6.40. The largest absolute Gasteiger partial charge is 0.473 e. The summed E-state index contributed by atoms with van der Waals surface area (Å²) < 4.78 is 5.17. The number of carbonyl (C=O) groups excluding carboxylic acids is 2. The lowest BCUT2D eigenvalue weighted by Gasteiger charge is -2.37. The average molecular weight is 431 g/mol. The Morgan fingerprint density at radius 3 is 2.03 bits per heavy atom. The van der Waals surface area contributed by atoms with Crippen LogP contribution in [0.2, 0.25) is 0 Å². The number of carboxylic acid groups (broad SMARTS) is 2. The van der Waals surface area contributed by atoms with Gasteiger partial charge in [-0.05, 0) is 38.1 Å². The third-order valence-corrected chi connectivity index (χ3v) is 4.76. The van der Waals surface area contributed by atoms with Crippen LogP contribution in [0.3, 0.4) is 0 Å². The van der Waals surface area contributed by atoms with Gasteiger partial charge in [0, 0.05) is 31.9 Å². The van der Waals surface area contributed by atoms with Crippen LogP contribution in [0.4, 0.5) is 5.69 Å². The molecule has 1 aliphatic rings. The number of furan rings is 1. The Morgan fingerprint density at radius 2 is 1.55 bits per heavy atom. The van der Waals surface area contributed by atoms with Gasteiger partial charge in [0.05, 0.1) is 12.3 Å². The fourth-order valence-electron chi connectivity index (χ4n) is 2.92. The molecule has 2 heterocycles. The highest BCUT2D eigenvalue weighted by atomic mass is 16.4. The average Bonchev–Trinajstić information content (AvgIpc) is 3.29. The number of rotatable bonds is 4. The number of anilines is 1. The fraction of sp³-hybridized carbons (Fsp3) is 0.333. The van der Waals surface area contributed by atoms with Gasteiger partial charge in [-0.3, -0.25) is 14.5 Å². The second-order valence-electron chi connectivity index (χ2n) is 6.95. The smallest absolute Gasteiger partial charge is 0.414 e. The van der Waals surface area contributed by atoms with Crippen LogP contribution < -0.4 is 5.32 Å². The molecule has 1 aromatic carbocycles. The van der Waals surface area contributed by atoms with E-state index in [0.717, 1.165) is 11.3 Å². The van der Waals surface area contributed by atoms with Crippen LogP contribution in [0.25, 0.3) is 0 Å². The summed E-state index contributed by atoms with van der Waals surface area (Å²) in [4.78, 5) is 46.8. The van der Waals surface area contributed by atoms with Gasteiger partial charge >= 0.3 is 11.9 Å². The molecule has 166 valence electrons. The molecule has 0 aliphatic carbocycles. The van der Waals surface area contributed by atoms with Crippen molar-refractivity contribution in [3.63, 3.8) is 0 Å². The number of amides is 2. The maximum atomic E-state index is 12.5. The number of benzene rings is 1. The van der Waals surface area contributed by atoms with Gasteiger partial charge < -0.3 is 24.8 Å². The lowest BCUT2D eigenvalue weighted by Crippen LogP contribution is -2.54. The summed E-state index contributed by atoms with van der Waals surface area (Å²) >= 11 is 0. The van der Waals surface area contributed by atoms with E-state index in [1.165, 1.54) is 6.26 Å². The number of nitrogens with zero attached hydrogens (tertiary/aromatic N) is 2. The second-order valence-corrected chi connectivity index (χ2v) is 6.95. The van der Waals surface area contributed by atoms with Crippen LogP contribution in [-0.2, 0) is 14.4 Å². The lowest BCUT2D eigenvalue weighted by molar-refractivity contribution is -0.159. The number of hydrogen-bond acceptors (Lipinski definition) is 6. The normalized spacial score (nSPS) is 14.7. The molecule has 1 saturated heterocycles. The summed E-state index contributed by atoms with van der Waals surface area (Å²) in [7, 11) is 0. The quantitative estimate of drug-likeness (QED) is 0.619. The zero-order valence-corrected chi connectivity index (χ0v) is 17.3. The minimum atomic E-state index is -1.82. The monoisotopic (exact) mass is 431 g/mol. The second kappa shape index (κ2) is 10.9. The summed E-state index contributed by atoms with van der Waals surface area (Å²) in [5.74, 6) is -3.42. The molecule has 2 amide bonds. The van der Waals surface area contributed by atoms with Gasteiger partial charge in [0.25, 0.3) is 5.91 Å². The van der Waals surface area contributed by atoms with E-state index in [2.05, 4.69) is 10.2 Å². The molecule has 0 radical (unpaired) electrons. The van der Waals surface area contributed by atoms with E-state index < -0.39 is 11.9 Å². The maximum absolute atomic E-state index is 12.5. The van der Waals surface area contributed by atoms with Crippen molar-refractivity contribution in [2.75, 3.05) is 31.5 Å². The van der Waals surface area contributed by atoms with Crippen LogP contribution in [0.15, 0.2) is 47.1 Å². The first-order chi connectivity index (χ1) is 14.7. The number of aryl methyl sites for hydroxylation is 1. The molecule has 0 saturated carbocycles. The third kappa shape index (κ3) is 6.96. The van der Waals surface area contributed by atoms with Crippen LogP contribution in [0, 0.1) is 6.92 Å². The van der Waals surface area contributed by atoms with Crippen molar-refractivity contribution >= 4 is 29.4 Å². The molecule has 1 atom stereocenters. The van der Waals surface area contributed by atoms with Gasteiger partial charge in [0.15, 0.2) is 5.76 Å². The number of hydrogen-bond donors (Lipinski definition) is 3. The molecular formula is C21H25N3O7. The molecular weight excluding hydrogens is 406 g/mol. The van der Waals surface area contributed by atoms with Gasteiger partial charge in [-0.25, -0.2) is 9.59 Å². The van der Waals surface area contributed by atoms with Gasteiger partial charge in [-0.1, -0.05) is 17.7 Å². The number of carbonyl (C=O) groups is 4. The van der Waals surface area contributed by atoms with Crippen LogP contribution in [0.5, 0.6) is 0 Å². The van der Waals surface area contributed by atoms with E-state index in [1.54, 1.807) is 17.0 Å². The first-order valence-corrected chi connectivity index (χ1v) is 9.59. The molecule has 31 heavy (non-hydrogen) atoms. The van der Waals surface area contributed by atoms with Crippen molar-refractivity contribution in [1.82, 2.24) is 9.80 Å². The third-order valence-electron chi connectivity index (χ3n) is 4.76. The van der Waals surface area contributed by atoms with Crippen molar-refractivity contribution < 1.29 is 33.8 Å². The van der Waals surface area contributed by atoms with Crippen molar-refractivity contribution in [3.05, 3.63) is 54.0 Å². The van der Waals surface area contributed by atoms with Gasteiger partial charge in [0.1, 0.15) is 0 Å². The molecule has 1 fully saturated rings. The first kappa shape index (κ1) is 23.6. The molecule has 0 bridgehead atoms. The van der Waals surface area contributed by atoms with Crippen LogP contribution in [0.1, 0.15) is 23.0 Å². The highest BCUT2D eigenvalue weighted by Crippen LogP contribution is 2.14. The standard InChI is InChI=1S/C19H23N3O3.C2H2O4/c1-14-5-7-16(8-6-14)20-18(23)15(2)21-9-11-22(12-10-21)19(24)17-4-3-13-25-17;3-1(4)2(5)6/h3-8,13,15H,9-12H2,1-2H3,(H,20,23);(H,3,4)(H,5,6). The van der Waals surface area contributed by atoms with Crippen molar-refractivity contribution in [2.24, 2.45) is 0 Å². The Balaban J connectivity index is 0.000000501.